The zero-order valence-corrected chi connectivity index (χ0v) is 23.1. The van der Waals surface area contributed by atoms with Gasteiger partial charge in [-0.2, -0.15) is 4.90 Å². The van der Waals surface area contributed by atoms with Crippen molar-refractivity contribution >= 4 is 24.0 Å². The lowest BCUT2D eigenvalue weighted by atomic mass is 9.78. The number of nitrogens with zero attached hydrogens (tertiary/aromatic N) is 2. The molecule has 2 N–H and O–H groups in total. The quantitative estimate of drug-likeness (QED) is 0.562. The van der Waals surface area contributed by atoms with Crippen LogP contribution in [0.5, 0.6) is 0 Å². The van der Waals surface area contributed by atoms with Crippen LogP contribution in [0.4, 0.5) is 20.1 Å². The molecule has 1 aliphatic rings. The zero-order chi connectivity index (χ0) is 27.5. The fourth-order valence-corrected chi connectivity index (χ4v) is 3.73. The Labute approximate surface area is 214 Å². The van der Waals surface area contributed by atoms with Crippen LogP contribution in [0.2, 0.25) is 0 Å². The van der Waals surface area contributed by atoms with Crippen LogP contribution >= 0.6 is 0 Å². The van der Waals surface area contributed by atoms with Gasteiger partial charge in [-0.25, -0.2) is 14.4 Å². The number of carbonyl (C=O) groups excluding carboxylic acids is 3. The highest BCUT2D eigenvalue weighted by molar-refractivity contribution is 6.10. The van der Waals surface area contributed by atoms with E-state index in [4.69, 9.17) is 14.2 Å². The van der Waals surface area contributed by atoms with Gasteiger partial charge in [0.05, 0.1) is 17.9 Å². The van der Waals surface area contributed by atoms with Crippen molar-refractivity contribution in [3.05, 3.63) is 29.9 Å². The van der Waals surface area contributed by atoms with E-state index in [1.54, 1.807) is 74.6 Å². The molecular weight excluding hydrogens is 464 g/mol. The molecule has 201 valence electrons. The number of alkyl carbamates (subject to hydrolysis) is 1. The zero-order valence-electron chi connectivity index (χ0n) is 23.1. The molecule has 36 heavy (non-hydrogen) atoms. The molecule has 0 unspecified atom stereocenters. The summed E-state index contributed by atoms with van der Waals surface area (Å²) in [5.41, 5.74) is -1.58. The van der Waals surface area contributed by atoms with Crippen LogP contribution in [0.15, 0.2) is 18.5 Å². The van der Waals surface area contributed by atoms with Gasteiger partial charge >= 0.3 is 18.3 Å². The third kappa shape index (κ3) is 8.65. The molecule has 10 nitrogen and oxygen atoms in total. The average Bonchev–Trinajstić information content (AvgIpc) is 2.64. The monoisotopic (exact) mass is 505 g/mol. The van der Waals surface area contributed by atoms with E-state index >= 15 is 0 Å². The van der Waals surface area contributed by atoms with Gasteiger partial charge in [0.1, 0.15) is 16.8 Å². The molecule has 0 spiro atoms. The van der Waals surface area contributed by atoms with E-state index < -0.39 is 41.1 Å². The number of ether oxygens (including phenoxy) is 3. The Balaban J connectivity index is 2.54. The van der Waals surface area contributed by atoms with Gasteiger partial charge in [-0.1, -0.05) is 6.92 Å². The predicted octanol–water partition coefficient (Wildman–Crippen LogP) is 4.81. The Hall–Kier alpha value is -2.88. The standard InChI is InChI=1S/C26H41N4O6/c1-16-13-28-14-18(29-21(31)34-24(2,3)4)20(16)17-11-12-27-15-19(17)30(22(32)35-25(5,6)7)23(33)36-26(8,9)10/h11-12,15-16,18,28H,13-14H2,1-10H3,(H,29,31)/t16-,18+/m1/s1. The van der Waals surface area contributed by atoms with Crippen molar-refractivity contribution in [1.29, 1.82) is 0 Å². The van der Waals surface area contributed by atoms with Crippen molar-refractivity contribution in [1.82, 2.24) is 15.6 Å². The lowest BCUT2D eigenvalue weighted by Crippen LogP contribution is -2.54. The minimum absolute atomic E-state index is 0.0426. The molecule has 0 aromatic carbocycles. The number of amides is 3. The number of rotatable bonds is 3. The highest BCUT2D eigenvalue weighted by atomic mass is 16.6. The first-order valence-corrected chi connectivity index (χ1v) is 12.2. The summed E-state index contributed by atoms with van der Waals surface area (Å²) < 4.78 is 16.6. The second-order valence-corrected chi connectivity index (χ2v) is 11.9. The average molecular weight is 506 g/mol. The SMILES string of the molecule is C[C@@H]1CNC[C@H](NC(=O)OC(C)(C)C)[C]1c1ccncc1N(C(=O)OC(C)(C)C)C(=O)OC(C)(C)C. The number of hydrogen-bond acceptors (Lipinski definition) is 8. The molecule has 1 fully saturated rings. The second kappa shape index (κ2) is 11.0. The van der Waals surface area contributed by atoms with Crippen LogP contribution in [-0.2, 0) is 14.2 Å². The number of hydrogen-bond donors (Lipinski definition) is 2. The number of aromatic nitrogens is 1. The number of anilines is 1. The number of nitrogens with one attached hydrogen (secondary N) is 2. The lowest BCUT2D eigenvalue weighted by Gasteiger charge is -2.39. The maximum absolute atomic E-state index is 13.3. The Bertz CT molecular complexity index is 917. The number of imide groups is 1. The fraction of sp³-hybridized carbons (Fsp3) is 0.654. The second-order valence-electron chi connectivity index (χ2n) is 11.9. The Kier molecular flexibility index (Phi) is 8.99. The van der Waals surface area contributed by atoms with E-state index in [9.17, 15) is 14.4 Å². The van der Waals surface area contributed by atoms with Gasteiger partial charge in [-0.05, 0) is 86.4 Å². The number of piperidine rings is 1. The Morgan fingerprint density at radius 2 is 1.44 bits per heavy atom. The first kappa shape index (κ1) is 29.4. The summed E-state index contributed by atoms with van der Waals surface area (Å²) in [5, 5.41) is 6.23. The molecule has 1 aromatic heterocycles. The van der Waals surface area contributed by atoms with Crippen LogP contribution in [0.3, 0.4) is 0 Å². The summed E-state index contributed by atoms with van der Waals surface area (Å²) in [7, 11) is 0. The van der Waals surface area contributed by atoms with E-state index in [0.717, 1.165) is 10.8 Å². The molecule has 2 rings (SSSR count). The summed E-state index contributed by atoms with van der Waals surface area (Å²) in [4.78, 5) is 44.2. The largest absolute Gasteiger partial charge is 0.444 e. The van der Waals surface area contributed by atoms with Gasteiger partial charge in [-0.3, -0.25) is 4.98 Å². The van der Waals surface area contributed by atoms with Crippen LogP contribution in [0.1, 0.15) is 74.8 Å². The highest BCUT2D eigenvalue weighted by Crippen LogP contribution is 2.36. The molecule has 1 saturated heterocycles. The minimum Gasteiger partial charge on any atom is -0.444 e. The summed E-state index contributed by atoms with van der Waals surface area (Å²) in [5.74, 6) is 0.785. The molecule has 2 atom stereocenters. The first-order chi connectivity index (χ1) is 16.4. The fourth-order valence-electron chi connectivity index (χ4n) is 3.73. The molecule has 1 aliphatic heterocycles. The molecule has 0 aliphatic carbocycles. The molecule has 1 aromatic rings. The number of carbonyl (C=O) groups is 3. The summed E-state index contributed by atoms with van der Waals surface area (Å²) in [6.07, 6.45) is 0.672. The van der Waals surface area contributed by atoms with Crippen molar-refractivity contribution in [2.75, 3.05) is 18.0 Å². The van der Waals surface area contributed by atoms with Gasteiger partial charge in [0.15, 0.2) is 0 Å². The molecule has 10 heteroatoms. The van der Waals surface area contributed by atoms with E-state index in [-0.39, 0.29) is 11.6 Å². The summed E-state index contributed by atoms with van der Waals surface area (Å²) in [6.45, 7) is 18.7. The van der Waals surface area contributed by atoms with E-state index in [1.807, 2.05) is 6.92 Å². The van der Waals surface area contributed by atoms with Crippen LogP contribution in [0, 0.1) is 11.8 Å². The van der Waals surface area contributed by atoms with Gasteiger partial charge in [0.25, 0.3) is 0 Å². The molecule has 1 radical (unpaired) electrons. The van der Waals surface area contributed by atoms with Crippen molar-refractivity contribution < 1.29 is 28.6 Å². The maximum atomic E-state index is 13.3. The van der Waals surface area contributed by atoms with Crippen molar-refractivity contribution in [2.24, 2.45) is 5.92 Å². The Morgan fingerprint density at radius 1 is 0.917 bits per heavy atom. The van der Waals surface area contributed by atoms with E-state index in [0.29, 0.717) is 18.7 Å². The van der Waals surface area contributed by atoms with Crippen molar-refractivity contribution in [3.8, 4) is 0 Å². The number of pyridine rings is 1. The highest BCUT2D eigenvalue weighted by Gasteiger charge is 2.40. The topological polar surface area (TPSA) is 119 Å². The van der Waals surface area contributed by atoms with Gasteiger partial charge in [-0.15, -0.1) is 0 Å². The third-order valence-corrected chi connectivity index (χ3v) is 4.90. The van der Waals surface area contributed by atoms with E-state index in [1.165, 1.54) is 6.20 Å². The molecular formula is C26H41N4O6. The van der Waals surface area contributed by atoms with Crippen LogP contribution < -0.4 is 15.5 Å². The predicted molar refractivity (Wildman–Crippen MR) is 137 cm³/mol. The molecule has 3 amide bonds. The van der Waals surface area contributed by atoms with Gasteiger partial charge in [0, 0.05) is 18.7 Å². The van der Waals surface area contributed by atoms with Gasteiger partial charge in [0.2, 0.25) is 0 Å². The maximum Gasteiger partial charge on any atom is 0.424 e. The third-order valence-electron chi connectivity index (χ3n) is 4.90. The Morgan fingerprint density at radius 3 is 1.94 bits per heavy atom. The van der Waals surface area contributed by atoms with Crippen LogP contribution in [0.25, 0.3) is 0 Å². The summed E-state index contributed by atoms with van der Waals surface area (Å²) in [6, 6.07) is 1.27. The summed E-state index contributed by atoms with van der Waals surface area (Å²) >= 11 is 0. The molecule has 0 saturated carbocycles. The van der Waals surface area contributed by atoms with Crippen molar-refractivity contribution in [3.63, 3.8) is 0 Å². The first-order valence-electron chi connectivity index (χ1n) is 12.2. The van der Waals surface area contributed by atoms with E-state index in [2.05, 4.69) is 15.6 Å². The lowest BCUT2D eigenvalue weighted by molar-refractivity contribution is 0.0425. The minimum atomic E-state index is -0.884. The van der Waals surface area contributed by atoms with Crippen LogP contribution in [-0.4, -0.2) is 59.2 Å². The molecule has 0 bridgehead atoms. The normalized spacial score (nSPS) is 19.3. The van der Waals surface area contributed by atoms with Crippen molar-refractivity contribution in [2.45, 2.75) is 92.1 Å². The smallest absolute Gasteiger partial charge is 0.424 e. The molecule has 2 heterocycles. The van der Waals surface area contributed by atoms with Gasteiger partial charge < -0.3 is 24.8 Å².